The van der Waals surface area contributed by atoms with Gasteiger partial charge in [-0.2, -0.15) is 0 Å². The molecule has 0 radical (unpaired) electrons. The molecule has 0 spiro atoms. The predicted octanol–water partition coefficient (Wildman–Crippen LogP) is 2.38. The summed E-state index contributed by atoms with van der Waals surface area (Å²) in [6.45, 7) is 5.29. The van der Waals surface area contributed by atoms with Crippen LogP contribution in [-0.2, 0) is 13.8 Å². The van der Waals surface area contributed by atoms with Crippen molar-refractivity contribution in [3.05, 3.63) is 33.1 Å². The monoisotopic (exact) mass is 344 g/mol. The van der Waals surface area contributed by atoms with Gasteiger partial charge in [0.05, 0.1) is 19.3 Å². The van der Waals surface area contributed by atoms with Crippen LogP contribution in [0.1, 0.15) is 45.8 Å². The number of rotatable bonds is 9. The molecule has 130 valence electrons. The minimum atomic E-state index is -0.795. The largest absolute Gasteiger partial charge is 0.355 e. The maximum absolute atomic E-state index is 11.8. The second kappa shape index (κ2) is 9.33. The lowest BCUT2D eigenvalue weighted by molar-refractivity contribution is -0.00434. The average molecular weight is 344 g/mol. The number of aromatic amines is 1. The highest BCUT2D eigenvalue weighted by Gasteiger charge is 2.27. The van der Waals surface area contributed by atoms with Crippen molar-refractivity contribution in [3.8, 4) is 0 Å². The first-order valence-corrected chi connectivity index (χ1v) is 9.50. The van der Waals surface area contributed by atoms with E-state index in [0.29, 0.717) is 13.2 Å². The summed E-state index contributed by atoms with van der Waals surface area (Å²) in [5, 5.41) is 0. The molecule has 0 aliphatic carbocycles. The third kappa shape index (κ3) is 5.53. The second-order valence-corrected chi connectivity index (χ2v) is 6.97. The van der Waals surface area contributed by atoms with Crippen molar-refractivity contribution in [3.63, 3.8) is 0 Å². The zero-order valence-electron chi connectivity index (χ0n) is 13.7. The Balaban J connectivity index is 1.79. The van der Waals surface area contributed by atoms with Gasteiger partial charge in [-0.15, -0.1) is 0 Å². The van der Waals surface area contributed by atoms with Crippen molar-refractivity contribution >= 4 is 8.38 Å². The summed E-state index contributed by atoms with van der Waals surface area (Å²) in [5.41, 5.74) is -0.805. The summed E-state index contributed by atoms with van der Waals surface area (Å²) in [4.78, 5) is 25.1. The lowest BCUT2D eigenvalue weighted by Crippen LogP contribution is -2.31. The van der Waals surface area contributed by atoms with E-state index in [1.54, 1.807) is 0 Å². The Hall–Kier alpha value is -1.01. The van der Waals surface area contributed by atoms with Gasteiger partial charge in [0.15, 0.2) is 8.38 Å². The zero-order valence-corrected chi connectivity index (χ0v) is 14.6. The molecule has 0 bridgehead atoms. The van der Waals surface area contributed by atoms with Crippen LogP contribution >= 0.6 is 8.38 Å². The Kier molecular flexibility index (Phi) is 7.43. The average Bonchev–Trinajstić information content (AvgIpc) is 2.96. The standard InChI is InChI=1S/C15H25N2O5P/c1-3-20-23(21-4-2)11-5-6-12-7-8-14(22-12)17-10-9-13(18)16-15(17)19/h9-10,12,14H,3-8,11H2,1-2H3,(H,16,18,19). The SMILES string of the molecule is CCOP(CCCC1CCC(n2ccc(=O)[nH]c2=O)O1)OCC. The van der Waals surface area contributed by atoms with Crippen molar-refractivity contribution in [2.24, 2.45) is 0 Å². The van der Waals surface area contributed by atoms with E-state index in [1.165, 1.54) is 16.8 Å². The normalized spacial score (nSPS) is 21.2. The molecule has 0 amide bonds. The molecule has 2 atom stereocenters. The van der Waals surface area contributed by atoms with Gasteiger partial charge in [-0.05, 0) is 39.5 Å². The number of nitrogens with one attached hydrogen (secondary N) is 1. The number of H-pyrrole nitrogens is 1. The van der Waals surface area contributed by atoms with E-state index < -0.39 is 14.1 Å². The zero-order chi connectivity index (χ0) is 16.7. The number of hydrogen-bond donors (Lipinski definition) is 1. The van der Waals surface area contributed by atoms with Crippen molar-refractivity contribution in [2.75, 3.05) is 19.4 Å². The fraction of sp³-hybridized carbons (Fsp3) is 0.733. The Morgan fingerprint density at radius 2 is 2.04 bits per heavy atom. The predicted molar refractivity (Wildman–Crippen MR) is 88.7 cm³/mol. The van der Waals surface area contributed by atoms with Gasteiger partial charge >= 0.3 is 5.69 Å². The first kappa shape index (κ1) is 18.3. The molecule has 1 aromatic rings. The Bertz CT molecular complexity index is 582. The molecule has 1 N–H and O–H groups in total. The summed E-state index contributed by atoms with van der Waals surface area (Å²) in [6.07, 6.45) is 5.85. The summed E-state index contributed by atoms with van der Waals surface area (Å²) in [5.74, 6) is 0. The van der Waals surface area contributed by atoms with Crippen LogP contribution in [0, 0.1) is 0 Å². The van der Waals surface area contributed by atoms with Gasteiger partial charge in [-0.25, -0.2) is 4.79 Å². The van der Waals surface area contributed by atoms with E-state index >= 15 is 0 Å². The van der Waals surface area contributed by atoms with Crippen molar-refractivity contribution in [2.45, 2.75) is 51.9 Å². The summed E-state index contributed by atoms with van der Waals surface area (Å²) < 4.78 is 18.6. The highest BCUT2D eigenvalue weighted by atomic mass is 31.2. The third-order valence-electron chi connectivity index (χ3n) is 3.66. The van der Waals surface area contributed by atoms with Crippen molar-refractivity contribution in [1.82, 2.24) is 9.55 Å². The molecule has 8 heteroatoms. The molecule has 1 saturated heterocycles. The summed E-state index contributed by atoms with van der Waals surface area (Å²) in [6, 6.07) is 1.34. The van der Waals surface area contributed by atoms with E-state index in [4.69, 9.17) is 13.8 Å². The minimum absolute atomic E-state index is 0.138. The number of aromatic nitrogens is 2. The molecule has 23 heavy (non-hydrogen) atoms. The van der Waals surface area contributed by atoms with Crippen molar-refractivity contribution in [1.29, 1.82) is 0 Å². The molecule has 1 aliphatic rings. The molecule has 2 unspecified atom stereocenters. The van der Waals surface area contributed by atoms with Crippen LogP contribution in [0.25, 0.3) is 0 Å². The summed E-state index contributed by atoms with van der Waals surface area (Å²) >= 11 is 0. The van der Waals surface area contributed by atoms with Crippen LogP contribution in [0.15, 0.2) is 21.9 Å². The van der Waals surface area contributed by atoms with Crippen molar-refractivity contribution < 1.29 is 13.8 Å². The fourth-order valence-corrected chi connectivity index (χ4v) is 4.01. The molecule has 2 rings (SSSR count). The van der Waals surface area contributed by atoms with Gasteiger partial charge in [-0.3, -0.25) is 14.3 Å². The maximum Gasteiger partial charge on any atom is 0.330 e. The van der Waals surface area contributed by atoms with E-state index in [9.17, 15) is 9.59 Å². The van der Waals surface area contributed by atoms with Gasteiger partial charge in [0, 0.05) is 18.4 Å². The summed E-state index contributed by atoms with van der Waals surface area (Å²) in [7, 11) is -0.795. The van der Waals surface area contributed by atoms with Gasteiger partial charge < -0.3 is 13.8 Å². The van der Waals surface area contributed by atoms with E-state index in [-0.39, 0.29) is 17.9 Å². The van der Waals surface area contributed by atoms with Crippen LogP contribution in [0.5, 0.6) is 0 Å². The molecule has 1 aromatic heterocycles. The Labute approximate surface area is 136 Å². The van der Waals surface area contributed by atoms with Crippen LogP contribution in [0.3, 0.4) is 0 Å². The van der Waals surface area contributed by atoms with E-state index in [0.717, 1.165) is 31.8 Å². The molecule has 0 saturated carbocycles. The smallest absolute Gasteiger partial charge is 0.330 e. The van der Waals surface area contributed by atoms with Crippen LogP contribution in [0.2, 0.25) is 0 Å². The van der Waals surface area contributed by atoms with Gasteiger partial charge in [0.25, 0.3) is 5.56 Å². The van der Waals surface area contributed by atoms with E-state index in [2.05, 4.69) is 4.98 Å². The van der Waals surface area contributed by atoms with Crippen LogP contribution in [-0.4, -0.2) is 35.0 Å². The molecule has 1 fully saturated rings. The fourth-order valence-electron chi connectivity index (χ4n) is 2.66. The van der Waals surface area contributed by atoms with Gasteiger partial charge in [0.1, 0.15) is 6.23 Å². The molecule has 1 aliphatic heterocycles. The lowest BCUT2D eigenvalue weighted by atomic mass is 10.1. The first-order valence-electron chi connectivity index (χ1n) is 8.14. The maximum atomic E-state index is 11.8. The van der Waals surface area contributed by atoms with Gasteiger partial charge in [0.2, 0.25) is 0 Å². The number of nitrogens with zero attached hydrogens (tertiary/aromatic N) is 1. The van der Waals surface area contributed by atoms with Crippen LogP contribution < -0.4 is 11.2 Å². The van der Waals surface area contributed by atoms with Crippen LogP contribution in [0.4, 0.5) is 0 Å². The number of ether oxygens (including phenoxy) is 1. The minimum Gasteiger partial charge on any atom is -0.355 e. The molecular weight excluding hydrogens is 319 g/mol. The Morgan fingerprint density at radius 1 is 1.30 bits per heavy atom. The third-order valence-corrected chi connectivity index (χ3v) is 5.43. The van der Waals surface area contributed by atoms with Gasteiger partial charge in [-0.1, -0.05) is 0 Å². The highest BCUT2D eigenvalue weighted by Crippen LogP contribution is 2.39. The topological polar surface area (TPSA) is 82.6 Å². The molecule has 2 heterocycles. The molecule has 0 aromatic carbocycles. The highest BCUT2D eigenvalue weighted by molar-refractivity contribution is 7.47. The molecular formula is C15H25N2O5P. The Morgan fingerprint density at radius 3 is 2.70 bits per heavy atom. The first-order chi connectivity index (χ1) is 11.1. The lowest BCUT2D eigenvalue weighted by Gasteiger charge is -2.18. The molecule has 7 nitrogen and oxygen atoms in total. The second-order valence-electron chi connectivity index (χ2n) is 5.34. The van der Waals surface area contributed by atoms with E-state index in [1.807, 2.05) is 13.8 Å². The number of hydrogen-bond acceptors (Lipinski definition) is 5. The quantitative estimate of drug-likeness (QED) is 0.696.